The highest BCUT2D eigenvalue weighted by molar-refractivity contribution is 6.30. The predicted molar refractivity (Wildman–Crippen MR) is 111 cm³/mol. The van der Waals surface area contributed by atoms with E-state index in [1.54, 1.807) is 6.07 Å². The lowest BCUT2D eigenvalue weighted by Gasteiger charge is -2.33. The van der Waals surface area contributed by atoms with Gasteiger partial charge >= 0.3 is 0 Å². The average molecular weight is 419 g/mol. The van der Waals surface area contributed by atoms with Gasteiger partial charge in [0.05, 0.1) is 13.1 Å². The van der Waals surface area contributed by atoms with E-state index >= 15 is 0 Å². The molecule has 0 radical (unpaired) electrons. The van der Waals surface area contributed by atoms with Crippen LogP contribution in [0.4, 0.5) is 10.1 Å². The number of hydrogen-bond donors (Lipinski definition) is 2. The van der Waals surface area contributed by atoms with Gasteiger partial charge in [0.2, 0.25) is 11.8 Å². The Bertz CT molecular complexity index is 839. The molecular formula is C21H24ClFN4O2. The number of carbonyl (C=O) groups is 2. The molecule has 6 nitrogen and oxygen atoms in total. The summed E-state index contributed by atoms with van der Waals surface area (Å²) >= 11 is 5.95. The van der Waals surface area contributed by atoms with Crippen LogP contribution in [0.1, 0.15) is 5.56 Å². The van der Waals surface area contributed by atoms with E-state index in [4.69, 9.17) is 11.6 Å². The lowest BCUT2D eigenvalue weighted by molar-refractivity contribution is -0.123. The zero-order chi connectivity index (χ0) is 20.6. The van der Waals surface area contributed by atoms with Gasteiger partial charge in [0.1, 0.15) is 5.82 Å². The minimum Gasteiger partial charge on any atom is -0.351 e. The van der Waals surface area contributed by atoms with Crippen LogP contribution in [0.3, 0.4) is 0 Å². The van der Waals surface area contributed by atoms with Crippen molar-refractivity contribution in [3.05, 3.63) is 64.9 Å². The maximum absolute atomic E-state index is 12.9. The average Bonchev–Trinajstić information content (AvgIpc) is 2.70. The lowest BCUT2D eigenvalue weighted by atomic mass is 10.2. The summed E-state index contributed by atoms with van der Waals surface area (Å²) in [5.74, 6) is -0.507. The number of benzene rings is 2. The van der Waals surface area contributed by atoms with Crippen molar-refractivity contribution in [3.63, 3.8) is 0 Å². The third kappa shape index (κ3) is 7.12. The van der Waals surface area contributed by atoms with Crippen LogP contribution in [-0.2, 0) is 16.1 Å². The van der Waals surface area contributed by atoms with Crippen LogP contribution in [0.5, 0.6) is 0 Å². The lowest BCUT2D eigenvalue weighted by Crippen LogP contribution is -2.50. The first kappa shape index (κ1) is 21.2. The van der Waals surface area contributed by atoms with Crippen LogP contribution in [0, 0.1) is 5.82 Å². The van der Waals surface area contributed by atoms with E-state index in [2.05, 4.69) is 15.5 Å². The molecular weight excluding hydrogens is 395 g/mol. The van der Waals surface area contributed by atoms with Crippen molar-refractivity contribution in [2.24, 2.45) is 0 Å². The molecule has 29 heavy (non-hydrogen) atoms. The van der Waals surface area contributed by atoms with Crippen LogP contribution in [-0.4, -0.2) is 60.9 Å². The standard InChI is InChI=1S/C21H24ClFN4O2/c22-17-3-1-2-16(12-17)13-24-20(28)14-26-8-10-27(11-9-26)15-21(29)25-19-6-4-18(23)5-7-19/h1-7,12H,8-11,13-15H2,(H,24,28)(H,25,29). The van der Waals surface area contributed by atoms with Crippen LogP contribution in [0.2, 0.25) is 5.02 Å². The molecule has 0 aliphatic carbocycles. The Balaban J connectivity index is 1.34. The molecule has 1 fully saturated rings. The van der Waals surface area contributed by atoms with E-state index in [9.17, 15) is 14.0 Å². The summed E-state index contributed by atoms with van der Waals surface area (Å²) in [6.45, 7) is 3.89. The summed E-state index contributed by atoms with van der Waals surface area (Å²) < 4.78 is 12.9. The van der Waals surface area contributed by atoms with Crippen LogP contribution in [0.25, 0.3) is 0 Å². The second kappa shape index (κ2) is 10.3. The number of anilines is 1. The number of nitrogens with zero attached hydrogens (tertiary/aromatic N) is 2. The van der Waals surface area contributed by atoms with Gasteiger partial charge in [0.25, 0.3) is 0 Å². The highest BCUT2D eigenvalue weighted by Crippen LogP contribution is 2.11. The molecule has 1 saturated heterocycles. The normalized spacial score (nSPS) is 15.1. The van der Waals surface area contributed by atoms with Gasteiger partial charge in [-0.3, -0.25) is 19.4 Å². The molecule has 2 N–H and O–H groups in total. The quantitative estimate of drug-likeness (QED) is 0.724. The third-order valence-corrected chi connectivity index (χ3v) is 4.94. The summed E-state index contributed by atoms with van der Waals surface area (Å²) in [5, 5.41) is 6.32. The zero-order valence-corrected chi connectivity index (χ0v) is 16.8. The molecule has 0 spiro atoms. The first-order valence-electron chi connectivity index (χ1n) is 9.49. The summed E-state index contributed by atoms with van der Waals surface area (Å²) in [4.78, 5) is 28.4. The molecule has 8 heteroatoms. The number of piperazine rings is 1. The molecule has 0 unspecified atom stereocenters. The number of amides is 2. The van der Waals surface area contributed by atoms with Gasteiger partial charge < -0.3 is 10.6 Å². The van der Waals surface area contributed by atoms with E-state index < -0.39 is 0 Å². The van der Waals surface area contributed by atoms with Gasteiger partial charge in [0, 0.05) is 43.4 Å². The minimum atomic E-state index is -0.337. The van der Waals surface area contributed by atoms with Gasteiger partial charge in [0.15, 0.2) is 0 Å². The Labute approximate surface area is 174 Å². The zero-order valence-electron chi connectivity index (χ0n) is 16.0. The van der Waals surface area contributed by atoms with Crippen molar-refractivity contribution in [1.82, 2.24) is 15.1 Å². The molecule has 1 heterocycles. The van der Waals surface area contributed by atoms with Gasteiger partial charge in [-0.2, -0.15) is 0 Å². The van der Waals surface area contributed by atoms with Crippen molar-refractivity contribution < 1.29 is 14.0 Å². The third-order valence-electron chi connectivity index (χ3n) is 4.71. The van der Waals surface area contributed by atoms with E-state index in [0.29, 0.717) is 50.0 Å². The highest BCUT2D eigenvalue weighted by atomic mass is 35.5. The fraction of sp³-hybridized carbons (Fsp3) is 0.333. The molecule has 0 aromatic heterocycles. The van der Waals surface area contributed by atoms with Crippen molar-refractivity contribution in [3.8, 4) is 0 Å². The minimum absolute atomic E-state index is 0.0347. The molecule has 1 aliphatic heterocycles. The molecule has 0 bridgehead atoms. The molecule has 2 amide bonds. The Morgan fingerprint density at radius 1 is 0.931 bits per heavy atom. The van der Waals surface area contributed by atoms with Crippen molar-refractivity contribution >= 4 is 29.1 Å². The molecule has 3 rings (SSSR count). The summed E-state index contributed by atoms with van der Waals surface area (Å²) in [6, 6.07) is 13.1. The van der Waals surface area contributed by atoms with E-state index in [1.807, 2.05) is 23.1 Å². The fourth-order valence-corrected chi connectivity index (χ4v) is 3.36. The van der Waals surface area contributed by atoms with Crippen LogP contribution >= 0.6 is 11.6 Å². The van der Waals surface area contributed by atoms with Crippen LogP contribution < -0.4 is 10.6 Å². The molecule has 0 atom stereocenters. The number of hydrogen-bond acceptors (Lipinski definition) is 4. The highest BCUT2D eigenvalue weighted by Gasteiger charge is 2.20. The Kier molecular flexibility index (Phi) is 7.57. The second-order valence-electron chi connectivity index (χ2n) is 7.01. The smallest absolute Gasteiger partial charge is 0.238 e. The number of halogens is 2. The maximum atomic E-state index is 12.9. The van der Waals surface area contributed by atoms with Gasteiger partial charge in [-0.15, -0.1) is 0 Å². The van der Waals surface area contributed by atoms with Crippen molar-refractivity contribution in [2.75, 3.05) is 44.6 Å². The first-order valence-corrected chi connectivity index (χ1v) is 9.87. The van der Waals surface area contributed by atoms with Crippen molar-refractivity contribution in [1.29, 1.82) is 0 Å². The van der Waals surface area contributed by atoms with Gasteiger partial charge in [-0.25, -0.2) is 4.39 Å². The maximum Gasteiger partial charge on any atom is 0.238 e. The van der Waals surface area contributed by atoms with Crippen LogP contribution in [0.15, 0.2) is 48.5 Å². The number of rotatable bonds is 7. The summed E-state index contributed by atoms with van der Waals surface area (Å²) in [5.41, 5.74) is 1.54. The summed E-state index contributed by atoms with van der Waals surface area (Å²) in [6.07, 6.45) is 0. The number of carbonyl (C=O) groups excluding carboxylic acids is 2. The predicted octanol–water partition coefficient (Wildman–Crippen LogP) is 2.35. The Hall–Kier alpha value is -2.48. The second-order valence-corrected chi connectivity index (χ2v) is 7.45. The topological polar surface area (TPSA) is 64.7 Å². The van der Waals surface area contributed by atoms with Gasteiger partial charge in [-0.05, 0) is 42.0 Å². The fourth-order valence-electron chi connectivity index (χ4n) is 3.15. The molecule has 154 valence electrons. The number of nitrogens with one attached hydrogen (secondary N) is 2. The Morgan fingerprint density at radius 3 is 2.17 bits per heavy atom. The Morgan fingerprint density at radius 2 is 1.55 bits per heavy atom. The van der Waals surface area contributed by atoms with Crippen molar-refractivity contribution in [2.45, 2.75) is 6.54 Å². The van der Waals surface area contributed by atoms with E-state index in [0.717, 1.165) is 5.56 Å². The summed E-state index contributed by atoms with van der Waals surface area (Å²) in [7, 11) is 0. The monoisotopic (exact) mass is 418 g/mol. The van der Waals surface area contributed by atoms with E-state index in [-0.39, 0.29) is 24.2 Å². The first-order chi connectivity index (χ1) is 14.0. The van der Waals surface area contributed by atoms with Gasteiger partial charge in [-0.1, -0.05) is 23.7 Å². The van der Waals surface area contributed by atoms with E-state index in [1.165, 1.54) is 24.3 Å². The largest absolute Gasteiger partial charge is 0.351 e. The molecule has 1 aliphatic rings. The molecule has 0 saturated carbocycles. The SMILES string of the molecule is O=C(CN1CCN(CC(=O)Nc2ccc(F)cc2)CC1)NCc1cccc(Cl)c1. The molecule has 2 aromatic carbocycles. The molecule has 2 aromatic rings.